The smallest absolute Gasteiger partial charge is 0.139 e. The summed E-state index contributed by atoms with van der Waals surface area (Å²) in [6, 6.07) is 5.84. The van der Waals surface area contributed by atoms with Crippen molar-refractivity contribution in [3.8, 4) is 0 Å². The number of nitrogens with zero attached hydrogens (tertiary/aromatic N) is 3. The van der Waals surface area contributed by atoms with Crippen molar-refractivity contribution in [2.45, 2.75) is 33.1 Å². The number of piperidine rings is 1. The molecule has 0 aliphatic carbocycles. The van der Waals surface area contributed by atoms with Crippen molar-refractivity contribution in [2.24, 2.45) is 5.41 Å². The highest BCUT2D eigenvalue weighted by Gasteiger charge is 2.29. The summed E-state index contributed by atoms with van der Waals surface area (Å²) in [5.41, 5.74) is 8.13. The minimum Gasteiger partial charge on any atom is -0.399 e. The molecule has 0 saturated carbocycles. The van der Waals surface area contributed by atoms with Crippen molar-refractivity contribution in [1.29, 1.82) is 0 Å². The first kappa shape index (κ1) is 13.2. The first-order valence-electron chi connectivity index (χ1n) is 7.36. The Morgan fingerprint density at radius 2 is 2.00 bits per heavy atom. The van der Waals surface area contributed by atoms with Gasteiger partial charge in [0.15, 0.2) is 0 Å². The van der Waals surface area contributed by atoms with Crippen molar-refractivity contribution in [2.75, 3.05) is 23.7 Å². The van der Waals surface area contributed by atoms with E-state index in [2.05, 4.69) is 28.7 Å². The van der Waals surface area contributed by atoms with Crippen molar-refractivity contribution in [3.05, 3.63) is 24.5 Å². The Kier molecular flexibility index (Phi) is 3.24. The fraction of sp³-hybridized carbons (Fsp3) is 0.500. The normalized spacial score (nSPS) is 18.4. The second-order valence-corrected chi connectivity index (χ2v) is 6.13. The number of fused-ring (bicyclic) bond motifs is 1. The molecule has 1 saturated heterocycles. The first-order chi connectivity index (χ1) is 9.61. The van der Waals surface area contributed by atoms with Gasteiger partial charge in [-0.1, -0.05) is 20.3 Å². The Morgan fingerprint density at radius 1 is 1.25 bits per heavy atom. The van der Waals surface area contributed by atoms with Gasteiger partial charge in [-0.25, -0.2) is 9.97 Å². The lowest BCUT2D eigenvalue weighted by Crippen LogP contribution is -2.39. The SMILES string of the molecule is CCC1(C)CCN(c2ncnc3ccc(N)cc23)CC1. The van der Waals surface area contributed by atoms with E-state index in [0.29, 0.717) is 5.41 Å². The Balaban J connectivity index is 1.93. The molecule has 4 nitrogen and oxygen atoms in total. The Bertz CT molecular complexity index is 615. The maximum atomic E-state index is 5.91. The van der Waals surface area contributed by atoms with Crippen LogP contribution in [0, 0.1) is 5.41 Å². The van der Waals surface area contributed by atoms with Gasteiger partial charge in [0, 0.05) is 24.2 Å². The van der Waals surface area contributed by atoms with Gasteiger partial charge >= 0.3 is 0 Å². The molecular formula is C16H22N4. The highest BCUT2D eigenvalue weighted by Crippen LogP contribution is 2.36. The van der Waals surface area contributed by atoms with Gasteiger partial charge in [-0.05, 0) is 36.5 Å². The summed E-state index contributed by atoms with van der Waals surface area (Å²) < 4.78 is 0. The molecule has 2 aromatic rings. The summed E-state index contributed by atoms with van der Waals surface area (Å²) in [6.45, 7) is 6.80. The molecule has 4 heteroatoms. The first-order valence-corrected chi connectivity index (χ1v) is 7.36. The van der Waals surface area contributed by atoms with Crippen LogP contribution in [0.4, 0.5) is 11.5 Å². The van der Waals surface area contributed by atoms with E-state index in [-0.39, 0.29) is 0 Å². The zero-order valence-corrected chi connectivity index (χ0v) is 12.3. The van der Waals surface area contributed by atoms with Crippen LogP contribution in [0.3, 0.4) is 0 Å². The molecule has 0 bridgehead atoms. The third-order valence-corrected chi connectivity index (χ3v) is 4.76. The molecule has 0 spiro atoms. The summed E-state index contributed by atoms with van der Waals surface area (Å²) in [6.07, 6.45) is 5.34. The van der Waals surface area contributed by atoms with Crippen molar-refractivity contribution >= 4 is 22.4 Å². The molecule has 20 heavy (non-hydrogen) atoms. The Labute approximate surface area is 120 Å². The average Bonchev–Trinajstić information content (AvgIpc) is 2.48. The number of nitrogens with two attached hydrogens (primary N) is 1. The number of rotatable bonds is 2. The Hall–Kier alpha value is -1.84. The van der Waals surface area contributed by atoms with Gasteiger partial charge in [0.25, 0.3) is 0 Å². The quantitative estimate of drug-likeness (QED) is 0.851. The zero-order valence-electron chi connectivity index (χ0n) is 12.3. The monoisotopic (exact) mass is 270 g/mol. The molecule has 0 atom stereocenters. The molecule has 2 N–H and O–H groups in total. The van der Waals surface area contributed by atoms with Crippen LogP contribution >= 0.6 is 0 Å². The lowest BCUT2D eigenvalue weighted by molar-refractivity contribution is 0.238. The van der Waals surface area contributed by atoms with Gasteiger partial charge in [0.2, 0.25) is 0 Å². The maximum absolute atomic E-state index is 5.91. The molecular weight excluding hydrogens is 248 g/mol. The fourth-order valence-electron chi connectivity index (χ4n) is 2.92. The van der Waals surface area contributed by atoms with E-state index in [9.17, 15) is 0 Å². The number of anilines is 2. The molecule has 1 aliphatic heterocycles. The van der Waals surface area contributed by atoms with E-state index in [4.69, 9.17) is 5.73 Å². The predicted molar refractivity (Wildman–Crippen MR) is 83.8 cm³/mol. The van der Waals surface area contributed by atoms with E-state index in [1.165, 1.54) is 19.3 Å². The third kappa shape index (κ3) is 2.30. The summed E-state index contributed by atoms with van der Waals surface area (Å²) in [4.78, 5) is 11.2. The van der Waals surface area contributed by atoms with Crippen LogP contribution in [-0.4, -0.2) is 23.1 Å². The lowest BCUT2D eigenvalue weighted by Gasteiger charge is -2.39. The summed E-state index contributed by atoms with van der Waals surface area (Å²) >= 11 is 0. The average molecular weight is 270 g/mol. The van der Waals surface area contributed by atoms with Crippen LogP contribution in [-0.2, 0) is 0 Å². The summed E-state index contributed by atoms with van der Waals surface area (Å²) in [5, 5.41) is 1.06. The van der Waals surface area contributed by atoms with Crippen LogP contribution in [0.2, 0.25) is 0 Å². The van der Waals surface area contributed by atoms with Gasteiger partial charge < -0.3 is 10.6 Å². The second-order valence-electron chi connectivity index (χ2n) is 6.13. The van der Waals surface area contributed by atoms with Gasteiger partial charge in [-0.3, -0.25) is 0 Å². The minimum absolute atomic E-state index is 0.484. The van der Waals surface area contributed by atoms with Crippen LogP contribution in [0.25, 0.3) is 10.9 Å². The second kappa shape index (κ2) is 4.93. The number of benzene rings is 1. The van der Waals surface area contributed by atoms with Gasteiger partial charge in [0.1, 0.15) is 12.1 Å². The standard InChI is InChI=1S/C16H22N4/c1-3-16(2)6-8-20(9-7-16)15-13-10-12(17)4-5-14(13)18-11-19-15/h4-5,10-11H,3,6-9,17H2,1-2H3. The molecule has 1 fully saturated rings. The van der Waals surface area contributed by atoms with Crippen LogP contribution in [0.1, 0.15) is 33.1 Å². The fourth-order valence-corrected chi connectivity index (χ4v) is 2.92. The molecule has 0 unspecified atom stereocenters. The molecule has 3 rings (SSSR count). The highest BCUT2D eigenvalue weighted by atomic mass is 15.2. The summed E-state index contributed by atoms with van der Waals surface area (Å²) in [7, 11) is 0. The van der Waals surface area contributed by atoms with Crippen molar-refractivity contribution in [3.63, 3.8) is 0 Å². The zero-order chi connectivity index (χ0) is 14.2. The third-order valence-electron chi connectivity index (χ3n) is 4.76. The largest absolute Gasteiger partial charge is 0.399 e. The van der Waals surface area contributed by atoms with Gasteiger partial charge in [-0.2, -0.15) is 0 Å². The van der Waals surface area contributed by atoms with E-state index in [1.54, 1.807) is 6.33 Å². The van der Waals surface area contributed by atoms with Gasteiger partial charge in [0.05, 0.1) is 5.52 Å². The van der Waals surface area contributed by atoms with E-state index in [0.717, 1.165) is 35.5 Å². The maximum Gasteiger partial charge on any atom is 0.139 e. The topological polar surface area (TPSA) is 55.0 Å². The van der Waals surface area contributed by atoms with Crippen molar-refractivity contribution < 1.29 is 0 Å². The predicted octanol–water partition coefficient (Wildman–Crippen LogP) is 3.23. The van der Waals surface area contributed by atoms with Crippen LogP contribution in [0.15, 0.2) is 24.5 Å². The van der Waals surface area contributed by atoms with Gasteiger partial charge in [-0.15, -0.1) is 0 Å². The molecule has 2 heterocycles. The molecule has 1 aliphatic rings. The van der Waals surface area contributed by atoms with Crippen LogP contribution < -0.4 is 10.6 Å². The van der Waals surface area contributed by atoms with E-state index in [1.807, 2.05) is 18.2 Å². The van der Waals surface area contributed by atoms with E-state index < -0.39 is 0 Å². The number of nitrogen functional groups attached to an aromatic ring is 1. The molecule has 1 aromatic heterocycles. The van der Waals surface area contributed by atoms with E-state index >= 15 is 0 Å². The highest BCUT2D eigenvalue weighted by molar-refractivity contribution is 5.91. The molecule has 0 amide bonds. The number of aromatic nitrogens is 2. The molecule has 106 valence electrons. The summed E-state index contributed by atoms with van der Waals surface area (Å²) in [5.74, 6) is 1.03. The minimum atomic E-state index is 0.484. The number of hydrogen-bond acceptors (Lipinski definition) is 4. The van der Waals surface area contributed by atoms with Crippen LogP contribution in [0.5, 0.6) is 0 Å². The molecule has 0 radical (unpaired) electrons. The lowest BCUT2D eigenvalue weighted by atomic mass is 9.78. The Morgan fingerprint density at radius 3 is 2.70 bits per heavy atom. The van der Waals surface area contributed by atoms with Crippen molar-refractivity contribution in [1.82, 2.24) is 9.97 Å². The number of hydrogen-bond donors (Lipinski definition) is 1. The molecule has 1 aromatic carbocycles.